The Morgan fingerprint density at radius 1 is 0.462 bits per heavy atom. The molecule has 0 bridgehead atoms. The monoisotopic (exact) mass is 599 g/mol. The summed E-state index contributed by atoms with van der Waals surface area (Å²) in [5, 5.41) is 7.75. The summed E-state index contributed by atoms with van der Waals surface area (Å²) in [6.07, 6.45) is 7.00. The second-order valence-electron chi connectivity index (χ2n) is 9.17. The average Bonchev–Trinajstić information content (AvgIpc) is 3.77. The van der Waals surface area contributed by atoms with E-state index in [-0.39, 0.29) is 26.2 Å². The topological polar surface area (TPSA) is 9.86 Å². The molecular formula is C35H26ClN2Zr. The van der Waals surface area contributed by atoms with E-state index in [0.717, 1.165) is 0 Å². The number of halogens is 1. The molecule has 0 atom stereocenters. The van der Waals surface area contributed by atoms with Crippen LogP contribution in [0, 0.1) is 6.38 Å². The van der Waals surface area contributed by atoms with Crippen LogP contribution in [0.5, 0.6) is 0 Å². The molecule has 4 heteroatoms. The second-order valence-corrected chi connectivity index (χ2v) is 9.17. The van der Waals surface area contributed by atoms with Crippen molar-refractivity contribution in [3.05, 3.63) is 152 Å². The molecule has 0 unspecified atom stereocenters. The van der Waals surface area contributed by atoms with Crippen molar-refractivity contribution in [2.24, 2.45) is 0 Å². The van der Waals surface area contributed by atoms with E-state index in [0.29, 0.717) is 0 Å². The molecule has 8 aromatic rings. The molecule has 1 radical (unpaired) electrons. The maximum absolute atomic E-state index is 4.39. The molecule has 0 fully saturated rings. The Kier molecular flexibility index (Phi) is 8.31. The normalized spacial score (nSPS) is 10.6. The van der Waals surface area contributed by atoms with Crippen molar-refractivity contribution in [1.82, 2.24) is 9.13 Å². The first-order valence-electron chi connectivity index (χ1n) is 12.5. The van der Waals surface area contributed by atoms with Crippen LogP contribution in [0.4, 0.5) is 0 Å². The van der Waals surface area contributed by atoms with Crippen LogP contribution in [0.25, 0.3) is 54.7 Å². The molecule has 6 aromatic carbocycles. The maximum atomic E-state index is 4.39. The van der Waals surface area contributed by atoms with E-state index < -0.39 is 0 Å². The van der Waals surface area contributed by atoms with E-state index >= 15 is 0 Å². The summed E-state index contributed by atoms with van der Waals surface area (Å²) in [5.74, 6) is 0. The van der Waals surface area contributed by atoms with Crippen LogP contribution in [0.1, 0.15) is 0 Å². The van der Waals surface area contributed by atoms with Gasteiger partial charge in [0.2, 0.25) is 0 Å². The molecule has 0 saturated carbocycles. The molecule has 39 heavy (non-hydrogen) atoms. The van der Waals surface area contributed by atoms with Crippen LogP contribution in [-0.2, 0) is 26.2 Å². The van der Waals surface area contributed by atoms with E-state index in [1.54, 1.807) is 0 Å². The van der Waals surface area contributed by atoms with Gasteiger partial charge < -0.3 is 20.7 Å². The van der Waals surface area contributed by atoms with Gasteiger partial charge in [-0.3, -0.25) is 6.38 Å². The summed E-state index contributed by atoms with van der Waals surface area (Å²) >= 11 is 4.39. The van der Waals surface area contributed by atoms with Gasteiger partial charge in [-0.2, -0.15) is 0 Å². The second kappa shape index (κ2) is 12.0. The zero-order valence-corrected chi connectivity index (χ0v) is 24.5. The van der Waals surface area contributed by atoms with E-state index in [4.69, 9.17) is 0 Å². The number of nitrogens with zero attached hydrogens (tertiary/aromatic N) is 2. The van der Waals surface area contributed by atoms with Crippen LogP contribution in [0.15, 0.2) is 146 Å². The average molecular weight is 601 g/mol. The van der Waals surface area contributed by atoms with Gasteiger partial charge in [0.1, 0.15) is 0 Å². The molecule has 0 N–H and O–H groups in total. The molecule has 2 nitrogen and oxygen atoms in total. The van der Waals surface area contributed by atoms with Gasteiger partial charge in [-0.15, -0.1) is 82.2 Å². The Labute approximate surface area is 252 Å². The van der Waals surface area contributed by atoms with Gasteiger partial charge in [-0.1, -0.05) is 48.5 Å². The number of benzene rings is 4. The summed E-state index contributed by atoms with van der Waals surface area (Å²) in [6.45, 7) is 0. The van der Waals surface area contributed by atoms with Crippen molar-refractivity contribution in [1.29, 1.82) is 0 Å². The van der Waals surface area contributed by atoms with Crippen molar-refractivity contribution in [2.75, 3.05) is 0 Å². The van der Waals surface area contributed by atoms with Gasteiger partial charge in [0.25, 0.3) is 0 Å². The van der Waals surface area contributed by atoms with Gasteiger partial charge in [0, 0.05) is 12.4 Å². The van der Waals surface area contributed by atoms with Gasteiger partial charge in [-0.25, -0.2) is 0 Å². The molecule has 2 aromatic heterocycles. The predicted molar refractivity (Wildman–Crippen MR) is 164 cm³/mol. The van der Waals surface area contributed by atoms with E-state index in [1.165, 1.54) is 54.7 Å². The van der Waals surface area contributed by atoms with Gasteiger partial charge >= 0.3 is 26.2 Å². The summed E-state index contributed by atoms with van der Waals surface area (Å²) in [5.41, 5.74) is 4.98. The fraction of sp³-hybridized carbons (Fsp3) is 0. The molecule has 0 aliphatic carbocycles. The van der Waals surface area contributed by atoms with Crippen LogP contribution in [0.2, 0.25) is 0 Å². The van der Waals surface area contributed by atoms with E-state index in [2.05, 4.69) is 173 Å². The smallest absolute Gasteiger partial charge is 0.352 e. The van der Waals surface area contributed by atoms with Gasteiger partial charge in [0.05, 0.1) is 11.0 Å². The zero-order chi connectivity index (χ0) is 25.9. The summed E-state index contributed by atoms with van der Waals surface area (Å²) in [6, 6.07) is 47.2. The van der Waals surface area contributed by atoms with E-state index in [9.17, 15) is 0 Å². The summed E-state index contributed by atoms with van der Waals surface area (Å²) in [4.78, 5) is 0. The number of aromatic nitrogens is 2. The zero-order valence-electron chi connectivity index (χ0n) is 21.3. The number of para-hydroxylation sites is 2. The molecule has 8 rings (SSSR count). The minimum absolute atomic E-state index is 0. The Balaban J connectivity index is 0.000000145. The number of rotatable bonds is 2. The first-order valence-corrected chi connectivity index (χ1v) is 13.1. The SMILES string of the molecule is [CH2-]Cl.[Zr+3].c1ccc2[cH-]c(-n3ccc4ccccc43)cc2c1.c1ccc2[cH-]c(-n3ccc4ccccc43)cc2c1. The van der Waals surface area contributed by atoms with E-state index in [1.807, 2.05) is 0 Å². The molecule has 187 valence electrons. The number of fused-ring (bicyclic) bond motifs is 4. The van der Waals surface area contributed by atoms with Gasteiger partial charge in [0.15, 0.2) is 0 Å². The molecule has 0 saturated heterocycles. The van der Waals surface area contributed by atoms with Crippen molar-refractivity contribution >= 4 is 55.0 Å². The first-order chi connectivity index (χ1) is 18.8. The van der Waals surface area contributed by atoms with Crippen LogP contribution >= 0.6 is 11.6 Å². The fourth-order valence-electron chi connectivity index (χ4n) is 5.16. The first kappa shape index (κ1) is 26.9. The third-order valence-corrected chi connectivity index (χ3v) is 6.96. The minimum atomic E-state index is 0. The van der Waals surface area contributed by atoms with Crippen molar-refractivity contribution in [3.63, 3.8) is 0 Å². The van der Waals surface area contributed by atoms with Crippen LogP contribution in [-0.4, -0.2) is 9.13 Å². The Morgan fingerprint density at radius 3 is 1.23 bits per heavy atom. The van der Waals surface area contributed by atoms with Crippen LogP contribution < -0.4 is 0 Å². The Morgan fingerprint density at radius 2 is 0.821 bits per heavy atom. The quantitative estimate of drug-likeness (QED) is 0.175. The minimum Gasteiger partial charge on any atom is -0.352 e. The van der Waals surface area contributed by atoms with Crippen LogP contribution in [0.3, 0.4) is 0 Å². The third-order valence-electron chi connectivity index (χ3n) is 6.96. The Bertz CT molecular complexity index is 1760. The number of hydrogen-bond donors (Lipinski definition) is 0. The van der Waals surface area contributed by atoms with Gasteiger partial charge in [-0.05, 0) is 46.4 Å². The van der Waals surface area contributed by atoms with Crippen molar-refractivity contribution < 1.29 is 26.2 Å². The molecule has 2 heterocycles. The summed E-state index contributed by atoms with van der Waals surface area (Å²) in [7, 11) is 0. The molecule has 0 amide bonds. The molecule has 0 spiro atoms. The molecule has 0 aliphatic rings. The fourth-order valence-corrected chi connectivity index (χ4v) is 5.16. The number of hydrogen-bond acceptors (Lipinski definition) is 0. The van der Waals surface area contributed by atoms with Crippen molar-refractivity contribution in [2.45, 2.75) is 0 Å². The van der Waals surface area contributed by atoms with Crippen molar-refractivity contribution in [3.8, 4) is 11.4 Å². The standard InChI is InChI=1S/2C17H12N.CH2Cl.Zr/c2*1-2-7-15-12-16(11-14(15)6-1)18-10-9-13-5-3-4-8-17(13)18;1-2;/h2*1-12H;1H2;/q3*-1;+3. The predicted octanol–water partition coefficient (Wildman–Crippen LogP) is 10.0. The Hall–Kier alpha value is -3.65. The third kappa shape index (κ3) is 5.30. The summed E-state index contributed by atoms with van der Waals surface area (Å²) < 4.78 is 4.49. The largest absolute Gasteiger partial charge is 3.00 e. The maximum Gasteiger partial charge on any atom is 3.00 e. The molecular weight excluding hydrogens is 575 g/mol. The molecule has 0 aliphatic heterocycles.